The van der Waals surface area contributed by atoms with Crippen molar-refractivity contribution in [2.75, 3.05) is 5.32 Å². The smallest absolute Gasteiger partial charge is 0.387 e. The molecule has 0 radical (unpaired) electrons. The zero-order valence-corrected chi connectivity index (χ0v) is 14.4. The van der Waals surface area contributed by atoms with Gasteiger partial charge < -0.3 is 14.8 Å². The number of carbonyl (C=O) groups excluding carboxylic acids is 1. The maximum atomic E-state index is 13.9. The van der Waals surface area contributed by atoms with Gasteiger partial charge in [-0.25, -0.2) is 8.78 Å². The number of nitrogens with one attached hydrogen (secondary N) is 1. The van der Waals surface area contributed by atoms with Crippen LogP contribution in [0, 0.1) is 11.6 Å². The van der Waals surface area contributed by atoms with Crippen molar-refractivity contribution in [3.05, 3.63) is 52.6 Å². The molecule has 26 heavy (non-hydrogen) atoms. The van der Waals surface area contributed by atoms with Gasteiger partial charge in [-0.3, -0.25) is 4.79 Å². The van der Waals surface area contributed by atoms with Crippen molar-refractivity contribution < 1.29 is 31.8 Å². The van der Waals surface area contributed by atoms with Gasteiger partial charge >= 0.3 is 6.61 Å². The molecule has 0 aromatic heterocycles. The van der Waals surface area contributed by atoms with Gasteiger partial charge in [-0.05, 0) is 32.0 Å². The summed E-state index contributed by atoms with van der Waals surface area (Å²) < 4.78 is 61.4. The summed E-state index contributed by atoms with van der Waals surface area (Å²) in [6, 6.07) is 5.27. The Labute approximate surface area is 151 Å². The second kappa shape index (κ2) is 8.27. The molecule has 0 unspecified atom stereocenters. The molecule has 0 spiro atoms. The molecule has 0 heterocycles. The fourth-order valence-electron chi connectivity index (χ4n) is 2.06. The topological polar surface area (TPSA) is 47.6 Å². The number of alkyl halides is 2. The van der Waals surface area contributed by atoms with Crippen LogP contribution in [0.1, 0.15) is 24.2 Å². The average molecular weight is 392 g/mol. The molecule has 2 aromatic carbocycles. The molecule has 1 amide bonds. The molecular weight excluding hydrogens is 378 g/mol. The molecule has 0 aliphatic carbocycles. The van der Waals surface area contributed by atoms with Crippen LogP contribution in [-0.2, 0) is 0 Å². The van der Waals surface area contributed by atoms with E-state index in [1.54, 1.807) is 13.8 Å². The predicted octanol–water partition coefficient (Wildman–Crippen LogP) is 5.26. The fraction of sp³-hybridized carbons (Fsp3) is 0.235. The van der Waals surface area contributed by atoms with E-state index in [1.165, 1.54) is 18.2 Å². The highest BCUT2D eigenvalue weighted by Gasteiger charge is 2.21. The molecule has 0 atom stereocenters. The largest absolute Gasteiger partial charge is 0.489 e. The third kappa shape index (κ3) is 5.01. The quantitative estimate of drug-likeness (QED) is 0.683. The van der Waals surface area contributed by atoms with Crippen LogP contribution in [-0.4, -0.2) is 18.6 Å². The summed E-state index contributed by atoms with van der Waals surface area (Å²) in [6.45, 7) is 0.361. The molecule has 4 nitrogen and oxygen atoms in total. The second-order valence-electron chi connectivity index (χ2n) is 5.41. The van der Waals surface area contributed by atoms with Crippen molar-refractivity contribution in [3.63, 3.8) is 0 Å². The molecule has 0 bridgehead atoms. The number of carbonyl (C=O) groups is 1. The number of hydrogen-bond acceptors (Lipinski definition) is 3. The lowest BCUT2D eigenvalue weighted by Gasteiger charge is -2.13. The average Bonchev–Trinajstić information content (AvgIpc) is 2.48. The van der Waals surface area contributed by atoms with Crippen molar-refractivity contribution in [2.45, 2.75) is 26.6 Å². The van der Waals surface area contributed by atoms with Gasteiger partial charge in [-0.1, -0.05) is 11.6 Å². The number of halogens is 5. The van der Waals surface area contributed by atoms with E-state index < -0.39 is 35.5 Å². The Hall–Kier alpha value is -2.48. The molecule has 0 fully saturated rings. The van der Waals surface area contributed by atoms with E-state index >= 15 is 0 Å². The minimum Gasteiger partial charge on any atom is -0.489 e. The summed E-state index contributed by atoms with van der Waals surface area (Å²) in [5, 5.41) is 2.47. The van der Waals surface area contributed by atoms with E-state index in [9.17, 15) is 22.4 Å². The predicted molar refractivity (Wildman–Crippen MR) is 88.2 cm³/mol. The van der Waals surface area contributed by atoms with Crippen LogP contribution in [0.2, 0.25) is 5.02 Å². The maximum Gasteiger partial charge on any atom is 0.387 e. The maximum absolute atomic E-state index is 13.9. The van der Waals surface area contributed by atoms with Gasteiger partial charge in [0.05, 0.1) is 11.1 Å². The number of rotatable bonds is 6. The van der Waals surface area contributed by atoms with Crippen molar-refractivity contribution in [3.8, 4) is 11.5 Å². The first kappa shape index (κ1) is 19.8. The van der Waals surface area contributed by atoms with E-state index in [-0.39, 0.29) is 16.8 Å². The lowest BCUT2D eigenvalue weighted by atomic mass is 10.1. The van der Waals surface area contributed by atoms with Crippen LogP contribution in [0.25, 0.3) is 0 Å². The molecule has 0 saturated heterocycles. The zero-order chi connectivity index (χ0) is 19.4. The normalized spacial score (nSPS) is 11.0. The van der Waals surface area contributed by atoms with Gasteiger partial charge in [-0.2, -0.15) is 8.78 Å². The number of anilines is 1. The van der Waals surface area contributed by atoms with Gasteiger partial charge in [0.25, 0.3) is 5.91 Å². The molecule has 1 N–H and O–H groups in total. The SMILES string of the molecule is CC(C)Oc1ccc(NC(=O)c2c(F)cc(OC(F)F)cc2F)cc1Cl. The van der Waals surface area contributed by atoms with Crippen molar-refractivity contribution in [1.82, 2.24) is 0 Å². The van der Waals surface area contributed by atoms with Gasteiger partial charge in [0.15, 0.2) is 0 Å². The lowest BCUT2D eigenvalue weighted by Crippen LogP contribution is -2.16. The highest BCUT2D eigenvalue weighted by Crippen LogP contribution is 2.29. The summed E-state index contributed by atoms with van der Waals surface area (Å²) >= 11 is 6.02. The zero-order valence-electron chi connectivity index (χ0n) is 13.7. The first-order valence-corrected chi connectivity index (χ1v) is 7.76. The van der Waals surface area contributed by atoms with Gasteiger partial charge in [0.1, 0.15) is 28.7 Å². The van der Waals surface area contributed by atoms with Crippen LogP contribution in [0.15, 0.2) is 30.3 Å². The Bertz CT molecular complexity index is 792. The molecule has 140 valence electrons. The summed E-state index contributed by atoms with van der Waals surface area (Å²) in [5.74, 6) is -4.15. The molecule has 0 saturated carbocycles. The number of ether oxygens (including phenoxy) is 2. The third-order valence-electron chi connectivity index (χ3n) is 3.02. The van der Waals surface area contributed by atoms with Crippen LogP contribution >= 0.6 is 11.6 Å². The lowest BCUT2D eigenvalue weighted by molar-refractivity contribution is -0.0501. The molecule has 0 aliphatic heterocycles. The molecule has 2 rings (SSSR count). The van der Waals surface area contributed by atoms with Gasteiger partial charge in [0.2, 0.25) is 0 Å². The molecule has 9 heteroatoms. The summed E-state index contributed by atoms with van der Waals surface area (Å²) in [7, 11) is 0. The van der Waals surface area contributed by atoms with Crippen molar-refractivity contribution in [2.24, 2.45) is 0 Å². The van der Waals surface area contributed by atoms with E-state index in [1.807, 2.05) is 0 Å². The minimum absolute atomic E-state index is 0.120. The summed E-state index contributed by atoms with van der Waals surface area (Å²) in [4.78, 5) is 12.1. The first-order chi connectivity index (χ1) is 12.2. The second-order valence-corrected chi connectivity index (χ2v) is 5.81. The first-order valence-electron chi connectivity index (χ1n) is 7.38. The van der Waals surface area contributed by atoms with Crippen LogP contribution < -0.4 is 14.8 Å². The Balaban J connectivity index is 2.21. The highest BCUT2D eigenvalue weighted by molar-refractivity contribution is 6.32. The fourth-order valence-corrected chi connectivity index (χ4v) is 2.28. The van der Waals surface area contributed by atoms with Crippen LogP contribution in [0.3, 0.4) is 0 Å². The number of benzene rings is 2. The monoisotopic (exact) mass is 391 g/mol. The summed E-state index contributed by atoms with van der Waals surface area (Å²) in [6.07, 6.45) is -0.120. The Morgan fingerprint density at radius 2 is 1.69 bits per heavy atom. The molecular formula is C17H14ClF4NO3. The van der Waals surface area contributed by atoms with E-state index in [2.05, 4.69) is 10.1 Å². The van der Waals surface area contributed by atoms with Crippen molar-refractivity contribution in [1.29, 1.82) is 0 Å². The minimum atomic E-state index is -3.25. The highest BCUT2D eigenvalue weighted by atomic mass is 35.5. The Kier molecular flexibility index (Phi) is 6.31. The van der Waals surface area contributed by atoms with Gasteiger partial charge in [0, 0.05) is 17.8 Å². The van der Waals surface area contributed by atoms with E-state index in [0.29, 0.717) is 17.9 Å². The van der Waals surface area contributed by atoms with Gasteiger partial charge in [-0.15, -0.1) is 0 Å². The van der Waals surface area contributed by atoms with E-state index in [0.717, 1.165) is 0 Å². The Morgan fingerprint density at radius 3 is 2.19 bits per heavy atom. The molecule has 0 aliphatic rings. The standard InChI is InChI=1S/C17H14ClF4NO3/c1-8(2)25-14-4-3-9(5-11(14)18)23-16(24)15-12(19)6-10(7-13(15)20)26-17(21)22/h3-8,17H,1-2H3,(H,23,24). The third-order valence-corrected chi connectivity index (χ3v) is 3.32. The van der Waals surface area contributed by atoms with Crippen molar-refractivity contribution >= 4 is 23.2 Å². The van der Waals surface area contributed by atoms with Crippen LogP contribution in [0.4, 0.5) is 23.2 Å². The summed E-state index contributed by atoms with van der Waals surface area (Å²) in [5.41, 5.74) is -0.770. The molecule has 2 aromatic rings. The van der Waals surface area contributed by atoms with E-state index in [4.69, 9.17) is 16.3 Å². The van der Waals surface area contributed by atoms with Crippen LogP contribution in [0.5, 0.6) is 11.5 Å². The number of hydrogen-bond donors (Lipinski definition) is 1. The Morgan fingerprint density at radius 1 is 1.08 bits per heavy atom. The number of amides is 1.